The third-order valence-electron chi connectivity index (χ3n) is 4.46. The van der Waals surface area contributed by atoms with Gasteiger partial charge in [0.2, 0.25) is 0 Å². The SMILES string of the molecule is CCN(CC)C(CNCC1CCCOC1)c1ccccc1. The van der Waals surface area contributed by atoms with Gasteiger partial charge >= 0.3 is 0 Å². The molecule has 1 saturated heterocycles. The highest BCUT2D eigenvalue weighted by Gasteiger charge is 2.19. The molecule has 21 heavy (non-hydrogen) atoms. The zero-order valence-electron chi connectivity index (χ0n) is 13.6. The summed E-state index contributed by atoms with van der Waals surface area (Å²) >= 11 is 0. The Bertz CT molecular complexity index is 372. The van der Waals surface area contributed by atoms with Gasteiger partial charge in [0, 0.05) is 25.7 Å². The lowest BCUT2D eigenvalue weighted by atomic mass is 10.0. The molecular weight excluding hydrogens is 260 g/mol. The van der Waals surface area contributed by atoms with Gasteiger partial charge < -0.3 is 10.1 Å². The van der Waals surface area contributed by atoms with Crippen LogP contribution < -0.4 is 5.32 Å². The number of nitrogens with one attached hydrogen (secondary N) is 1. The first kappa shape index (κ1) is 16.5. The molecule has 1 aliphatic rings. The minimum absolute atomic E-state index is 0.464. The van der Waals surface area contributed by atoms with Crippen molar-refractivity contribution in [2.45, 2.75) is 32.7 Å². The van der Waals surface area contributed by atoms with Crippen LogP contribution >= 0.6 is 0 Å². The second kappa shape index (κ2) is 9.19. The van der Waals surface area contributed by atoms with Crippen LogP contribution in [0.1, 0.15) is 38.3 Å². The van der Waals surface area contributed by atoms with Gasteiger partial charge in [0.25, 0.3) is 0 Å². The van der Waals surface area contributed by atoms with E-state index in [1.807, 2.05) is 0 Å². The topological polar surface area (TPSA) is 24.5 Å². The molecule has 0 saturated carbocycles. The number of benzene rings is 1. The van der Waals surface area contributed by atoms with E-state index in [4.69, 9.17) is 4.74 Å². The predicted molar refractivity (Wildman–Crippen MR) is 88.5 cm³/mol. The van der Waals surface area contributed by atoms with E-state index in [1.54, 1.807) is 0 Å². The summed E-state index contributed by atoms with van der Waals surface area (Å²) in [5.41, 5.74) is 1.41. The summed E-state index contributed by atoms with van der Waals surface area (Å²) < 4.78 is 5.56. The van der Waals surface area contributed by atoms with E-state index in [-0.39, 0.29) is 0 Å². The van der Waals surface area contributed by atoms with E-state index in [0.29, 0.717) is 12.0 Å². The van der Waals surface area contributed by atoms with Gasteiger partial charge in [0.05, 0.1) is 6.61 Å². The Morgan fingerprint density at radius 2 is 2.00 bits per heavy atom. The third kappa shape index (κ3) is 5.10. The minimum atomic E-state index is 0.464. The zero-order chi connectivity index (χ0) is 14.9. The molecule has 0 aromatic heterocycles. The first-order valence-electron chi connectivity index (χ1n) is 8.42. The van der Waals surface area contributed by atoms with Crippen LogP contribution in [-0.2, 0) is 4.74 Å². The number of likely N-dealkylation sites (N-methyl/N-ethyl adjacent to an activating group) is 1. The number of hydrogen-bond acceptors (Lipinski definition) is 3. The van der Waals surface area contributed by atoms with Crippen LogP contribution in [0.3, 0.4) is 0 Å². The van der Waals surface area contributed by atoms with Gasteiger partial charge in [0.15, 0.2) is 0 Å². The molecular formula is C18H30N2O. The van der Waals surface area contributed by atoms with E-state index in [1.165, 1.54) is 18.4 Å². The van der Waals surface area contributed by atoms with Crippen molar-refractivity contribution in [3.8, 4) is 0 Å². The zero-order valence-corrected chi connectivity index (χ0v) is 13.6. The smallest absolute Gasteiger partial charge is 0.0506 e. The Kier molecular flexibility index (Phi) is 7.20. The van der Waals surface area contributed by atoms with Crippen molar-refractivity contribution in [3.05, 3.63) is 35.9 Å². The lowest BCUT2D eigenvalue weighted by Crippen LogP contribution is -2.38. The van der Waals surface area contributed by atoms with Crippen molar-refractivity contribution in [1.82, 2.24) is 10.2 Å². The summed E-state index contributed by atoms with van der Waals surface area (Å²) in [6.45, 7) is 10.6. The van der Waals surface area contributed by atoms with Crippen molar-refractivity contribution in [3.63, 3.8) is 0 Å². The molecule has 0 amide bonds. The lowest BCUT2D eigenvalue weighted by molar-refractivity contribution is 0.0540. The first-order chi connectivity index (χ1) is 10.3. The molecule has 2 atom stereocenters. The summed E-state index contributed by atoms with van der Waals surface area (Å²) in [6, 6.07) is 11.3. The van der Waals surface area contributed by atoms with Crippen molar-refractivity contribution in [2.24, 2.45) is 5.92 Å². The van der Waals surface area contributed by atoms with Gasteiger partial charge in [-0.05, 0) is 37.4 Å². The van der Waals surface area contributed by atoms with Gasteiger partial charge in [-0.1, -0.05) is 44.2 Å². The van der Waals surface area contributed by atoms with Crippen LogP contribution in [0.4, 0.5) is 0 Å². The standard InChI is InChI=1S/C18H30N2O/c1-3-20(4-2)18(17-10-6-5-7-11-17)14-19-13-16-9-8-12-21-15-16/h5-7,10-11,16,18-19H,3-4,8-9,12-15H2,1-2H3. The van der Waals surface area contributed by atoms with E-state index < -0.39 is 0 Å². The van der Waals surface area contributed by atoms with Crippen molar-refractivity contribution in [1.29, 1.82) is 0 Å². The summed E-state index contributed by atoms with van der Waals surface area (Å²) in [5, 5.41) is 3.68. The molecule has 2 unspecified atom stereocenters. The molecule has 0 spiro atoms. The molecule has 0 radical (unpaired) electrons. The second-order valence-corrected chi connectivity index (χ2v) is 5.89. The molecule has 1 fully saturated rings. The number of ether oxygens (including phenoxy) is 1. The van der Waals surface area contributed by atoms with E-state index in [9.17, 15) is 0 Å². The predicted octanol–water partition coefficient (Wildman–Crippen LogP) is 3.09. The quantitative estimate of drug-likeness (QED) is 0.796. The van der Waals surface area contributed by atoms with Crippen LogP contribution in [-0.4, -0.2) is 44.3 Å². The fourth-order valence-corrected chi connectivity index (χ4v) is 3.19. The molecule has 2 rings (SSSR count). The molecule has 3 heteroatoms. The summed E-state index contributed by atoms with van der Waals surface area (Å²) in [4.78, 5) is 2.53. The van der Waals surface area contributed by atoms with Crippen molar-refractivity contribution < 1.29 is 4.74 Å². The van der Waals surface area contributed by atoms with Crippen molar-refractivity contribution in [2.75, 3.05) is 39.4 Å². The molecule has 1 N–H and O–H groups in total. The molecule has 3 nitrogen and oxygen atoms in total. The van der Waals surface area contributed by atoms with E-state index in [2.05, 4.69) is 54.4 Å². The molecule has 0 aliphatic carbocycles. The maximum absolute atomic E-state index is 5.56. The van der Waals surface area contributed by atoms with Crippen LogP contribution in [0.15, 0.2) is 30.3 Å². The number of hydrogen-bond donors (Lipinski definition) is 1. The Balaban J connectivity index is 1.89. The van der Waals surface area contributed by atoms with Gasteiger partial charge in [-0.25, -0.2) is 0 Å². The van der Waals surface area contributed by atoms with Gasteiger partial charge in [-0.3, -0.25) is 4.90 Å². The first-order valence-corrected chi connectivity index (χ1v) is 8.42. The average molecular weight is 290 g/mol. The summed E-state index contributed by atoms with van der Waals surface area (Å²) in [6.07, 6.45) is 2.51. The van der Waals surface area contributed by atoms with Crippen molar-refractivity contribution >= 4 is 0 Å². The highest BCUT2D eigenvalue weighted by molar-refractivity contribution is 5.19. The third-order valence-corrected chi connectivity index (χ3v) is 4.46. The largest absolute Gasteiger partial charge is 0.381 e. The molecule has 1 aliphatic heterocycles. The average Bonchev–Trinajstić information content (AvgIpc) is 2.56. The normalized spacial score (nSPS) is 20.6. The Labute approximate surface area is 129 Å². The second-order valence-electron chi connectivity index (χ2n) is 5.89. The Morgan fingerprint density at radius 1 is 1.24 bits per heavy atom. The monoisotopic (exact) mass is 290 g/mol. The highest BCUT2D eigenvalue weighted by Crippen LogP contribution is 2.20. The molecule has 1 aromatic rings. The van der Waals surface area contributed by atoms with Crippen LogP contribution in [0.25, 0.3) is 0 Å². The van der Waals surface area contributed by atoms with E-state index >= 15 is 0 Å². The lowest BCUT2D eigenvalue weighted by Gasteiger charge is -2.31. The Morgan fingerprint density at radius 3 is 2.62 bits per heavy atom. The maximum Gasteiger partial charge on any atom is 0.0506 e. The molecule has 1 aromatic carbocycles. The maximum atomic E-state index is 5.56. The van der Waals surface area contributed by atoms with E-state index in [0.717, 1.165) is 39.4 Å². The van der Waals surface area contributed by atoms with Crippen LogP contribution in [0.2, 0.25) is 0 Å². The molecule has 1 heterocycles. The molecule has 0 bridgehead atoms. The minimum Gasteiger partial charge on any atom is -0.381 e. The Hall–Kier alpha value is -0.900. The van der Waals surface area contributed by atoms with Crippen LogP contribution in [0.5, 0.6) is 0 Å². The summed E-state index contributed by atoms with van der Waals surface area (Å²) in [7, 11) is 0. The van der Waals surface area contributed by atoms with Crippen LogP contribution in [0, 0.1) is 5.92 Å². The summed E-state index contributed by atoms with van der Waals surface area (Å²) in [5.74, 6) is 0.687. The fourth-order valence-electron chi connectivity index (χ4n) is 3.19. The fraction of sp³-hybridized carbons (Fsp3) is 0.667. The number of nitrogens with zero attached hydrogens (tertiary/aromatic N) is 1. The highest BCUT2D eigenvalue weighted by atomic mass is 16.5. The van der Waals surface area contributed by atoms with Gasteiger partial charge in [-0.2, -0.15) is 0 Å². The van der Waals surface area contributed by atoms with Gasteiger partial charge in [-0.15, -0.1) is 0 Å². The number of rotatable bonds is 8. The molecule has 118 valence electrons. The van der Waals surface area contributed by atoms with Gasteiger partial charge in [0.1, 0.15) is 0 Å².